The molecule has 96 valence electrons. The molecule has 0 spiro atoms. The van der Waals surface area contributed by atoms with Crippen molar-refractivity contribution >= 4 is 16.6 Å². The van der Waals surface area contributed by atoms with Gasteiger partial charge in [0.15, 0.2) is 0 Å². The quantitative estimate of drug-likeness (QED) is 0.786. The van der Waals surface area contributed by atoms with Crippen molar-refractivity contribution in [1.29, 1.82) is 5.26 Å². The highest BCUT2D eigenvalue weighted by molar-refractivity contribution is 5.83. The molecule has 0 unspecified atom stereocenters. The van der Waals surface area contributed by atoms with Crippen molar-refractivity contribution in [3.63, 3.8) is 0 Å². The highest BCUT2D eigenvalue weighted by atomic mass is 15.0. The molecule has 1 aromatic heterocycles. The molecule has 4 heteroatoms. The maximum absolute atomic E-state index is 8.80. The van der Waals surface area contributed by atoms with E-state index >= 15 is 0 Å². The molecule has 0 aliphatic carbocycles. The molecule has 0 bridgehead atoms. The fraction of sp³-hybridized carbons (Fsp3) is 0.0625. The fourth-order valence-electron chi connectivity index (χ4n) is 2.06. The molecule has 1 N–H and O–H groups in total. The molecule has 0 fully saturated rings. The van der Waals surface area contributed by atoms with Crippen LogP contribution in [0.3, 0.4) is 0 Å². The Bertz CT molecular complexity index is 790. The van der Waals surface area contributed by atoms with E-state index in [0.29, 0.717) is 18.1 Å². The molecule has 0 atom stereocenters. The second kappa shape index (κ2) is 5.37. The second-order valence-electron chi connectivity index (χ2n) is 4.44. The Morgan fingerprint density at radius 1 is 1.00 bits per heavy atom. The largest absolute Gasteiger partial charge is 0.366 e. The van der Waals surface area contributed by atoms with Gasteiger partial charge in [-0.15, -0.1) is 0 Å². The third-order valence-corrected chi connectivity index (χ3v) is 3.07. The molecule has 0 saturated carbocycles. The summed E-state index contributed by atoms with van der Waals surface area (Å²) in [6, 6.07) is 18.2. The minimum atomic E-state index is 0.362. The molecule has 0 aliphatic heterocycles. The average molecular weight is 260 g/mol. The van der Waals surface area contributed by atoms with Gasteiger partial charge in [0.25, 0.3) is 0 Å². The number of fused-ring (bicyclic) bond motifs is 1. The van der Waals surface area contributed by atoms with Crippen LogP contribution in [0.1, 0.15) is 11.3 Å². The SMILES string of the molecule is N#Cc1cc(NCc2ccc3ccccc3c2)ncn1. The summed E-state index contributed by atoms with van der Waals surface area (Å²) in [4.78, 5) is 7.93. The first-order chi connectivity index (χ1) is 9.85. The summed E-state index contributed by atoms with van der Waals surface area (Å²) in [5, 5.41) is 14.4. The summed E-state index contributed by atoms with van der Waals surface area (Å²) in [7, 11) is 0. The number of rotatable bonds is 3. The van der Waals surface area contributed by atoms with E-state index < -0.39 is 0 Å². The van der Waals surface area contributed by atoms with Crippen LogP contribution in [0.4, 0.5) is 5.82 Å². The van der Waals surface area contributed by atoms with Crippen LogP contribution in [-0.2, 0) is 6.54 Å². The zero-order chi connectivity index (χ0) is 13.8. The van der Waals surface area contributed by atoms with Gasteiger partial charge >= 0.3 is 0 Å². The van der Waals surface area contributed by atoms with Crippen molar-refractivity contribution in [1.82, 2.24) is 9.97 Å². The molecule has 20 heavy (non-hydrogen) atoms. The van der Waals surface area contributed by atoms with Gasteiger partial charge in [0, 0.05) is 12.6 Å². The van der Waals surface area contributed by atoms with Crippen molar-refractivity contribution in [2.24, 2.45) is 0 Å². The van der Waals surface area contributed by atoms with Crippen LogP contribution in [0.5, 0.6) is 0 Å². The maximum Gasteiger partial charge on any atom is 0.145 e. The van der Waals surface area contributed by atoms with Crippen molar-refractivity contribution in [3.05, 3.63) is 66.1 Å². The summed E-state index contributed by atoms with van der Waals surface area (Å²) in [6.07, 6.45) is 1.39. The first kappa shape index (κ1) is 12.1. The smallest absolute Gasteiger partial charge is 0.145 e. The van der Waals surface area contributed by atoms with E-state index in [4.69, 9.17) is 5.26 Å². The van der Waals surface area contributed by atoms with Crippen LogP contribution in [-0.4, -0.2) is 9.97 Å². The lowest BCUT2D eigenvalue weighted by atomic mass is 10.1. The normalized spacial score (nSPS) is 10.2. The number of hydrogen-bond donors (Lipinski definition) is 1. The summed E-state index contributed by atoms with van der Waals surface area (Å²) < 4.78 is 0. The lowest BCUT2D eigenvalue weighted by molar-refractivity contribution is 1.07. The monoisotopic (exact) mass is 260 g/mol. The topological polar surface area (TPSA) is 61.6 Å². The molecule has 0 aliphatic rings. The number of anilines is 1. The van der Waals surface area contributed by atoms with Gasteiger partial charge in [0.2, 0.25) is 0 Å². The number of nitriles is 1. The van der Waals surface area contributed by atoms with E-state index in [1.54, 1.807) is 6.07 Å². The first-order valence-electron chi connectivity index (χ1n) is 6.29. The number of benzene rings is 2. The molecule has 3 rings (SSSR count). The van der Waals surface area contributed by atoms with Gasteiger partial charge in [-0.1, -0.05) is 36.4 Å². The Morgan fingerprint density at radius 2 is 1.85 bits per heavy atom. The molecule has 0 amide bonds. The van der Waals surface area contributed by atoms with Gasteiger partial charge in [0.05, 0.1) is 0 Å². The number of aromatic nitrogens is 2. The number of hydrogen-bond acceptors (Lipinski definition) is 4. The standard InChI is InChI=1S/C16H12N4/c17-9-15-8-16(20-11-19-15)18-10-12-5-6-13-3-1-2-4-14(13)7-12/h1-8,11H,10H2,(H,18,19,20). The van der Waals surface area contributed by atoms with Gasteiger partial charge in [-0.25, -0.2) is 9.97 Å². The van der Waals surface area contributed by atoms with Crippen LogP contribution < -0.4 is 5.32 Å². The van der Waals surface area contributed by atoms with E-state index in [1.807, 2.05) is 18.2 Å². The van der Waals surface area contributed by atoms with Crippen molar-refractivity contribution in [2.45, 2.75) is 6.54 Å². The molecule has 3 aromatic rings. The van der Waals surface area contributed by atoms with Crippen LogP contribution in [0.15, 0.2) is 54.9 Å². The second-order valence-corrected chi connectivity index (χ2v) is 4.44. The highest BCUT2D eigenvalue weighted by Crippen LogP contribution is 2.16. The maximum atomic E-state index is 8.80. The summed E-state index contributed by atoms with van der Waals surface area (Å²) >= 11 is 0. The molecule has 4 nitrogen and oxygen atoms in total. The van der Waals surface area contributed by atoms with Crippen molar-refractivity contribution < 1.29 is 0 Å². The van der Waals surface area contributed by atoms with Crippen LogP contribution >= 0.6 is 0 Å². The molecule has 0 radical (unpaired) electrons. The van der Waals surface area contributed by atoms with Crippen LogP contribution in [0, 0.1) is 11.3 Å². The van der Waals surface area contributed by atoms with E-state index in [9.17, 15) is 0 Å². The van der Waals surface area contributed by atoms with E-state index in [2.05, 4.69) is 45.6 Å². The van der Waals surface area contributed by atoms with E-state index in [0.717, 1.165) is 0 Å². The average Bonchev–Trinajstić information content (AvgIpc) is 2.53. The zero-order valence-electron chi connectivity index (χ0n) is 10.7. The molecule has 0 saturated heterocycles. The van der Waals surface area contributed by atoms with Crippen molar-refractivity contribution in [3.8, 4) is 6.07 Å². The predicted octanol–water partition coefficient (Wildman–Crippen LogP) is 3.11. The van der Waals surface area contributed by atoms with Crippen LogP contribution in [0.25, 0.3) is 10.8 Å². The van der Waals surface area contributed by atoms with Crippen molar-refractivity contribution in [2.75, 3.05) is 5.32 Å². The Hall–Kier alpha value is -2.93. The number of nitrogens with zero attached hydrogens (tertiary/aromatic N) is 3. The van der Waals surface area contributed by atoms with Gasteiger partial charge in [-0.05, 0) is 22.4 Å². The van der Waals surface area contributed by atoms with Crippen LogP contribution in [0.2, 0.25) is 0 Å². The Kier molecular flexibility index (Phi) is 3.25. The summed E-state index contributed by atoms with van der Waals surface area (Å²) in [5.41, 5.74) is 1.53. The third kappa shape index (κ3) is 2.57. The zero-order valence-corrected chi connectivity index (χ0v) is 10.7. The predicted molar refractivity (Wildman–Crippen MR) is 78.0 cm³/mol. The minimum Gasteiger partial charge on any atom is -0.366 e. The Morgan fingerprint density at radius 3 is 2.70 bits per heavy atom. The van der Waals surface area contributed by atoms with E-state index in [-0.39, 0.29) is 0 Å². The van der Waals surface area contributed by atoms with Gasteiger partial charge < -0.3 is 5.32 Å². The van der Waals surface area contributed by atoms with E-state index in [1.165, 1.54) is 22.7 Å². The minimum absolute atomic E-state index is 0.362. The lowest BCUT2D eigenvalue weighted by Gasteiger charge is -2.06. The van der Waals surface area contributed by atoms with Gasteiger partial charge in [-0.3, -0.25) is 0 Å². The van der Waals surface area contributed by atoms with Gasteiger partial charge in [-0.2, -0.15) is 5.26 Å². The molecular formula is C16H12N4. The fourth-order valence-corrected chi connectivity index (χ4v) is 2.06. The Labute approximate surface area is 116 Å². The molecule has 1 heterocycles. The first-order valence-corrected chi connectivity index (χ1v) is 6.29. The van der Waals surface area contributed by atoms with Gasteiger partial charge in [0.1, 0.15) is 23.9 Å². The summed E-state index contributed by atoms with van der Waals surface area (Å²) in [6.45, 7) is 0.659. The lowest BCUT2D eigenvalue weighted by Crippen LogP contribution is -2.02. The number of nitrogens with one attached hydrogen (secondary N) is 1. The Balaban J connectivity index is 1.78. The third-order valence-electron chi connectivity index (χ3n) is 3.07. The highest BCUT2D eigenvalue weighted by Gasteiger charge is 1.99. The molecule has 2 aromatic carbocycles. The summed E-state index contributed by atoms with van der Waals surface area (Å²) in [5.74, 6) is 0.657. The molecular weight excluding hydrogens is 248 g/mol.